The highest BCUT2D eigenvalue weighted by molar-refractivity contribution is 7.14. The SMILES string of the molecule is CCn1ncc(-c2csc(NC(=O)c3ccnn3C(C)C(=O)O)n2)c1C. The second kappa shape index (κ2) is 7.08. The zero-order chi connectivity index (χ0) is 18.8. The number of aryl methyl sites for hydroxylation is 1. The number of aromatic nitrogens is 5. The smallest absolute Gasteiger partial charge is 0.328 e. The molecular formula is C16H18N6O3S. The Bertz CT molecular complexity index is 957. The summed E-state index contributed by atoms with van der Waals surface area (Å²) < 4.78 is 3.04. The maximum atomic E-state index is 12.5. The first-order valence-electron chi connectivity index (χ1n) is 7.98. The van der Waals surface area contributed by atoms with Gasteiger partial charge in [-0.2, -0.15) is 10.2 Å². The fourth-order valence-electron chi connectivity index (χ4n) is 2.54. The molecule has 26 heavy (non-hydrogen) atoms. The molecular weight excluding hydrogens is 356 g/mol. The van der Waals surface area contributed by atoms with E-state index >= 15 is 0 Å². The summed E-state index contributed by atoms with van der Waals surface area (Å²) in [6.07, 6.45) is 3.15. The second-order valence-electron chi connectivity index (χ2n) is 5.63. The van der Waals surface area contributed by atoms with Crippen LogP contribution in [0.2, 0.25) is 0 Å². The average Bonchev–Trinajstić information content (AvgIpc) is 3.33. The Morgan fingerprint density at radius 2 is 2.15 bits per heavy atom. The number of nitrogens with one attached hydrogen (secondary N) is 1. The fourth-order valence-corrected chi connectivity index (χ4v) is 3.25. The number of anilines is 1. The predicted octanol–water partition coefficient (Wildman–Crippen LogP) is 2.43. The largest absolute Gasteiger partial charge is 0.480 e. The molecule has 9 nitrogen and oxygen atoms in total. The third-order valence-electron chi connectivity index (χ3n) is 4.03. The van der Waals surface area contributed by atoms with Crippen molar-refractivity contribution >= 4 is 28.3 Å². The van der Waals surface area contributed by atoms with Crippen LogP contribution in [0, 0.1) is 6.92 Å². The lowest BCUT2D eigenvalue weighted by atomic mass is 10.2. The lowest BCUT2D eigenvalue weighted by Crippen LogP contribution is -2.24. The van der Waals surface area contributed by atoms with Gasteiger partial charge in [0.25, 0.3) is 5.91 Å². The minimum absolute atomic E-state index is 0.159. The highest BCUT2D eigenvalue weighted by atomic mass is 32.1. The van der Waals surface area contributed by atoms with Gasteiger partial charge in [0.05, 0.1) is 11.9 Å². The van der Waals surface area contributed by atoms with Gasteiger partial charge in [0.1, 0.15) is 11.7 Å². The van der Waals surface area contributed by atoms with Crippen LogP contribution in [0.4, 0.5) is 5.13 Å². The monoisotopic (exact) mass is 374 g/mol. The van der Waals surface area contributed by atoms with Gasteiger partial charge in [-0.25, -0.2) is 14.5 Å². The van der Waals surface area contributed by atoms with Crippen LogP contribution in [0.1, 0.15) is 36.1 Å². The Balaban J connectivity index is 1.80. The standard InChI is InChI=1S/C16H18N6O3S/c1-4-21-9(2)11(7-18-21)12-8-26-16(19-12)20-14(23)13-5-6-17-22(13)10(3)15(24)25/h5-8,10H,4H2,1-3H3,(H,24,25)(H,19,20,23). The van der Waals surface area contributed by atoms with Gasteiger partial charge in [-0.15, -0.1) is 11.3 Å². The molecule has 0 radical (unpaired) electrons. The molecule has 0 aromatic carbocycles. The summed E-state index contributed by atoms with van der Waals surface area (Å²) >= 11 is 1.29. The Kier molecular flexibility index (Phi) is 4.85. The number of carboxylic acids is 1. The Morgan fingerprint density at radius 3 is 2.81 bits per heavy atom. The summed E-state index contributed by atoms with van der Waals surface area (Å²) in [5, 5.41) is 22.3. The van der Waals surface area contributed by atoms with Gasteiger partial charge < -0.3 is 5.11 Å². The molecule has 1 amide bonds. The number of carbonyl (C=O) groups excluding carboxylic acids is 1. The van der Waals surface area contributed by atoms with Crippen molar-refractivity contribution in [1.29, 1.82) is 0 Å². The van der Waals surface area contributed by atoms with Gasteiger partial charge >= 0.3 is 5.97 Å². The minimum Gasteiger partial charge on any atom is -0.480 e. The quantitative estimate of drug-likeness (QED) is 0.685. The predicted molar refractivity (Wildman–Crippen MR) is 96.3 cm³/mol. The van der Waals surface area contributed by atoms with Crippen LogP contribution in [0.25, 0.3) is 11.3 Å². The van der Waals surface area contributed by atoms with Crippen LogP contribution in [0.5, 0.6) is 0 Å². The summed E-state index contributed by atoms with van der Waals surface area (Å²) in [4.78, 5) is 28.0. The van der Waals surface area contributed by atoms with Gasteiger partial charge in [0.15, 0.2) is 5.13 Å². The number of thiazole rings is 1. The molecule has 136 valence electrons. The molecule has 0 spiro atoms. The maximum absolute atomic E-state index is 12.5. The van der Waals surface area contributed by atoms with E-state index in [-0.39, 0.29) is 5.69 Å². The summed E-state index contributed by atoms with van der Waals surface area (Å²) in [5.74, 6) is -1.53. The van der Waals surface area contributed by atoms with Crippen molar-refractivity contribution in [3.05, 3.63) is 35.2 Å². The molecule has 3 aromatic heterocycles. The molecule has 0 aliphatic carbocycles. The summed E-state index contributed by atoms with van der Waals surface area (Å²) in [6.45, 7) is 6.21. The van der Waals surface area contributed by atoms with E-state index in [1.54, 1.807) is 6.20 Å². The minimum atomic E-state index is -1.07. The number of rotatable bonds is 6. The first-order valence-corrected chi connectivity index (χ1v) is 8.86. The van der Waals surface area contributed by atoms with Gasteiger partial charge in [-0.1, -0.05) is 0 Å². The number of carboxylic acid groups (broad SMARTS) is 1. The van der Waals surface area contributed by atoms with E-state index in [1.807, 2.05) is 23.9 Å². The molecule has 3 heterocycles. The summed E-state index contributed by atoms with van der Waals surface area (Å²) in [6, 6.07) is 0.527. The molecule has 0 aliphatic heterocycles. The molecule has 10 heteroatoms. The topological polar surface area (TPSA) is 115 Å². The van der Waals surface area contributed by atoms with E-state index in [4.69, 9.17) is 5.11 Å². The number of nitrogens with zero attached hydrogens (tertiary/aromatic N) is 5. The lowest BCUT2D eigenvalue weighted by molar-refractivity contribution is -0.140. The van der Waals surface area contributed by atoms with Gasteiger partial charge in [0.2, 0.25) is 0 Å². The number of hydrogen-bond donors (Lipinski definition) is 2. The van der Waals surface area contributed by atoms with Crippen molar-refractivity contribution in [3.63, 3.8) is 0 Å². The number of hydrogen-bond acceptors (Lipinski definition) is 6. The maximum Gasteiger partial charge on any atom is 0.328 e. The molecule has 2 N–H and O–H groups in total. The molecule has 3 aromatic rings. The molecule has 0 fully saturated rings. The molecule has 0 bridgehead atoms. The number of amides is 1. The van der Waals surface area contributed by atoms with E-state index in [0.29, 0.717) is 5.13 Å². The van der Waals surface area contributed by atoms with Crippen LogP contribution in [0.15, 0.2) is 23.8 Å². The second-order valence-corrected chi connectivity index (χ2v) is 6.48. The fraction of sp³-hybridized carbons (Fsp3) is 0.312. The first kappa shape index (κ1) is 17.8. The van der Waals surface area contributed by atoms with Crippen LogP contribution in [0.3, 0.4) is 0 Å². The first-order chi connectivity index (χ1) is 12.4. The summed E-state index contributed by atoms with van der Waals surface area (Å²) in [7, 11) is 0. The van der Waals surface area contributed by atoms with Crippen molar-refractivity contribution in [2.24, 2.45) is 0 Å². The Hall–Kier alpha value is -3.01. The van der Waals surface area contributed by atoms with E-state index in [2.05, 4.69) is 20.5 Å². The number of carbonyl (C=O) groups is 2. The average molecular weight is 374 g/mol. The number of aliphatic carboxylic acids is 1. The molecule has 3 rings (SSSR count). The third-order valence-corrected chi connectivity index (χ3v) is 4.79. The van der Waals surface area contributed by atoms with Gasteiger partial charge in [0, 0.05) is 29.4 Å². The van der Waals surface area contributed by atoms with E-state index in [0.717, 1.165) is 23.5 Å². The Morgan fingerprint density at radius 1 is 1.38 bits per heavy atom. The van der Waals surface area contributed by atoms with Gasteiger partial charge in [-0.3, -0.25) is 14.8 Å². The molecule has 0 saturated heterocycles. The highest BCUT2D eigenvalue weighted by Crippen LogP contribution is 2.27. The van der Waals surface area contributed by atoms with Crippen LogP contribution in [-0.2, 0) is 11.3 Å². The highest BCUT2D eigenvalue weighted by Gasteiger charge is 2.22. The summed E-state index contributed by atoms with van der Waals surface area (Å²) in [5.41, 5.74) is 2.80. The third kappa shape index (κ3) is 3.23. The van der Waals surface area contributed by atoms with Crippen molar-refractivity contribution < 1.29 is 14.7 Å². The molecule has 0 saturated carbocycles. The Labute approximate surface area is 153 Å². The van der Waals surface area contributed by atoms with Crippen LogP contribution < -0.4 is 5.32 Å². The molecule has 1 unspecified atom stereocenters. The molecule has 1 atom stereocenters. The van der Waals surface area contributed by atoms with Crippen molar-refractivity contribution in [2.45, 2.75) is 33.4 Å². The van der Waals surface area contributed by atoms with Crippen molar-refractivity contribution in [2.75, 3.05) is 5.32 Å². The van der Waals surface area contributed by atoms with Crippen molar-refractivity contribution in [3.8, 4) is 11.3 Å². The van der Waals surface area contributed by atoms with Crippen LogP contribution >= 0.6 is 11.3 Å². The zero-order valence-corrected chi connectivity index (χ0v) is 15.3. The van der Waals surface area contributed by atoms with Crippen molar-refractivity contribution in [1.82, 2.24) is 24.5 Å². The molecule has 0 aliphatic rings. The lowest BCUT2D eigenvalue weighted by Gasteiger charge is -2.10. The van der Waals surface area contributed by atoms with Crippen LogP contribution in [-0.4, -0.2) is 41.5 Å². The van der Waals surface area contributed by atoms with E-state index < -0.39 is 17.9 Å². The van der Waals surface area contributed by atoms with E-state index in [1.165, 1.54) is 35.2 Å². The van der Waals surface area contributed by atoms with E-state index in [9.17, 15) is 9.59 Å². The zero-order valence-electron chi connectivity index (χ0n) is 14.5. The normalized spacial score (nSPS) is 12.1. The van der Waals surface area contributed by atoms with Gasteiger partial charge in [-0.05, 0) is 26.8 Å².